The molecule has 20 heavy (non-hydrogen) atoms. The molecule has 0 fully saturated rings. The summed E-state index contributed by atoms with van der Waals surface area (Å²) in [4.78, 5) is 6.43. The highest BCUT2D eigenvalue weighted by molar-refractivity contribution is 7.89. The van der Waals surface area contributed by atoms with Crippen LogP contribution in [0.2, 0.25) is 0 Å². The molecule has 0 spiro atoms. The van der Waals surface area contributed by atoms with Crippen LogP contribution in [0, 0.1) is 12.7 Å². The van der Waals surface area contributed by atoms with Crippen molar-refractivity contribution >= 4 is 10.0 Å². The summed E-state index contributed by atoms with van der Waals surface area (Å²) in [7, 11) is -4.03. The van der Waals surface area contributed by atoms with E-state index in [4.69, 9.17) is 4.84 Å². The Labute approximate surface area is 117 Å². The van der Waals surface area contributed by atoms with Gasteiger partial charge in [0.2, 0.25) is 0 Å². The summed E-state index contributed by atoms with van der Waals surface area (Å²) in [6, 6.07) is 12.9. The minimum Gasteiger partial charge on any atom is -0.282 e. The zero-order chi connectivity index (χ0) is 14.6. The first-order valence-electron chi connectivity index (χ1n) is 5.93. The molecular weight excluding hydrogens is 281 g/mol. The lowest BCUT2D eigenvalue weighted by molar-refractivity contribution is 0.0793. The summed E-state index contributed by atoms with van der Waals surface area (Å²) in [5.74, 6) is -0.814. The van der Waals surface area contributed by atoms with Crippen molar-refractivity contribution in [2.24, 2.45) is 0 Å². The molecule has 0 aliphatic carbocycles. The fraction of sp³-hybridized carbons (Fsp3) is 0.143. The Morgan fingerprint density at radius 1 is 1.15 bits per heavy atom. The molecule has 106 valence electrons. The van der Waals surface area contributed by atoms with E-state index in [1.165, 1.54) is 12.1 Å². The van der Waals surface area contributed by atoms with Gasteiger partial charge in [-0.15, -0.1) is 0 Å². The van der Waals surface area contributed by atoms with Crippen LogP contribution in [0.4, 0.5) is 4.39 Å². The molecule has 0 saturated heterocycles. The Morgan fingerprint density at radius 2 is 1.85 bits per heavy atom. The van der Waals surface area contributed by atoms with E-state index in [0.717, 1.165) is 11.6 Å². The first-order chi connectivity index (χ1) is 9.49. The maximum Gasteiger partial charge on any atom is 0.265 e. The van der Waals surface area contributed by atoms with Gasteiger partial charge in [-0.05, 0) is 30.2 Å². The Balaban J connectivity index is 2.06. The predicted molar refractivity (Wildman–Crippen MR) is 72.7 cm³/mol. The Bertz CT molecular complexity index is 687. The molecule has 2 aromatic rings. The quantitative estimate of drug-likeness (QED) is 0.862. The molecule has 4 nitrogen and oxygen atoms in total. The highest BCUT2D eigenvalue weighted by Crippen LogP contribution is 2.16. The van der Waals surface area contributed by atoms with Crippen LogP contribution in [-0.2, 0) is 21.5 Å². The molecule has 2 aromatic carbocycles. The molecule has 0 saturated carbocycles. The lowest BCUT2D eigenvalue weighted by atomic mass is 10.2. The van der Waals surface area contributed by atoms with Gasteiger partial charge in [0.1, 0.15) is 10.7 Å². The fourth-order valence-electron chi connectivity index (χ4n) is 1.63. The molecule has 0 heterocycles. The second-order valence-electron chi connectivity index (χ2n) is 4.29. The highest BCUT2D eigenvalue weighted by Gasteiger charge is 2.19. The number of benzene rings is 2. The van der Waals surface area contributed by atoms with E-state index in [-0.39, 0.29) is 6.61 Å². The van der Waals surface area contributed by atoms with Gasteiger partial charge in [0.25, 0.3) is 10.0 Å². The largest absolute Gasteiger partial charge is 0.282 e. The zero-order valence-electron chi connectivity index (χ0n) is 10.8. The van der Waals surface area contributed by atoms with Crippen molar-refractivity contribution in [3.8, 4) is 0 Å². The predicted octanol–water partition coefficient (Wildman–Crippen LogP) is 2.54. The summed E-state index contributed by atoms with van der Waals surface area (Å²) >= 11 is 0. The molecule has 0 amide bonds. The van der Waals surface area contributed by atoms with Gasteiger partial charge in [-0.3, -0.25) is 4.84 Å². The third kappa shape index (κ3) is 3.63. The Kier molecular flexibility index (Phi) is 4.49. The van der Waals surface area contributed by atoms with Crippen molar-refractivity contribution < 1.29 is 17.6 Å². The molecule has 1 N–H and O–H groups in total. The number of halogens is 1. The summed E-state index contributed by atoms with van der Waals surface area (Å²) in [5.41, 5.74) is 1.45. The topological polar surface area (TPSA) is 55.4 Å². The number of nitrogens with one attached hydrogen (secondary N) is 1. The molecule has 6 heteroatoms. The lowest BCUT2D eigenvalue weighted by Gasteiger charge is -2.08. The van der Waals surface area contributed by atoms with Gasteiger partial charge in [-0.2, -0.15) is 0 Å². The fourth-order valence-corrected chi connectivity index (χ4v) is 2.60. The third-order valence-corrected chi connectivity index (χ3v) is 3.86. The molecule has 2 rings (SSSR count). The number of hydrogen-bond donors (Lipinski definition) is 1. The minimum absolute atomic E-state index is 0.0630. The van der Waals surface area contributed by atoms with Crippen molar-refractivity contribution in [3.05, 3.63) is 65.5 Å². The monoisotopic (exact) mass is 295 g/mol. The van der Waals surface area contributed by atoms with E-state index >= 15 is 0 Å². The van der Waals surface area contributed by atoms with Gasteiger partial charge in [0.15, 0.2) is 0 Å². The maximum absolute atomic E-state index is 13.5. The van der Waals surface area contributed by atoms with Gasteiger partial charge in [-0.25, -0.2) is 12.8 Å². The summed E-state index contributed by atoms with van der Waals surface area (Å²) in [5, 5.41) is 0. The summed E-state index contributed by atoms with van der Waals surface area (Å²) in [6.45, 7) is 1.75. The van der Waals surface area contributed by atoms with E-state index in [2.05, 4.69) is 0 Å². The number of aryl methyl sites for hydroxylation is 1. The standard InChI is InChI=1S/C14H14FNO3S/c1-11-7-8-13(15)14(9-11)20(17,18)16-19-10-12-5-3-2-4-6-12/h2-9,16H,10H2,1H3. The first-order valence-corrected chi connectivity index (χ1v) is 7.41. The van der Waals surface area contributed by atoms with Crippen LogP contribution in [0.15, 0.2) is 53.4 Å². The normalized spacial score (nSPS) is 11.5. The van der Waals surface area contributed by atoms with E-state index in [9.17, 15) is 12.8 Å². The SMILES string of the molecule is Cc1ccc(F)c(S(=O)(=O)NOCc2ccccc2)c1. The van der Waals surface area contributed by atoms with Gasteiger partial charge in [0.05, 0.1) is 6.61 Å². The maximum atomic E-state index is 13.5. The number of hydrogen-bond acceptors (Lipinski definition) is 3. The lowest BCUT2D eigenvalue weighted by Crippen LogP contribution is -2.25. The molecular formula is C14H14FNO3S. The van der Waals surface area contributed by atoms with Gasteiger partial charge < -0.3 is 0 Å². The van der Waals surface area contributed by atoms with Crippen molar-refractivity contribution in [2.75, 3.05) is 0 Å². The molecule has 0 unspecified atom stereocenters. The number of rotatable bonds is 5. The minimum atomic E-state index is -4.03. The molecule has 0 radical (unpaired) electrons. The molecule has 0 aromatic heterocycles. The van der Waals surface area contributed by atoms with Crippen LogP contribution in [0.25, 0.3) is 0 Å². The summed E-state index contributed by atoms with van der Waals surface area (Å²) < 4.78 is 37.4. The first kappa shape index (κ1) is 14.6. The van der Waals surface area contributed by atoms with E-state index in [1.54, 1.807) is 19.1 Å². The highest BCUT2D eigenvalue weighted by atomic mass is 32.2. The van der Waals surface area contributed by atoms with Crippen LogP contribution in [0.5, 0.6) is 0 Å². The van der Waals surface area contributed by atoms with E-state index in [0.29, 0.717) is 5.56 Å². The van der Waals surface area contributed by atoms with Crippen LogP contribution in [0.3, 0.4) is 0 Å². The van der Waals surface area contributed by atoms with Crippen molar-refractivity contribution in [1.82, 2.24) is 4.89 Å². The molecule has 0 aliphatic heterocycles. The van der Waals surface area contributed by atoms with E-state index in [1.807, 2.05) is 23.1 Å². The van der Waals surface area contributed by atoms with Crippen LogP contribution in [0.1, 0.15) is 11.1 Å². The van der Waals surface area contributed by atoms with Gasteiger partial charge in [0, 0.05) is 0 Å². The van der Waals surface area contributed by atoms with Crippen LogP contribution < -0.4 is 4.89 Å². The third-order valence-electron chi connectivity index (χ3n) is 2.63. The zero-order valence-corrected chi connectivity index (χ0v) is 11.7. The van der Waals surface area contributed by atoms with Gasteiger partial charge >= 0.3 is 0 Å². The van der Waals surface area contributed by atoms with Crippen molar-refractivity contribution in [3.63, 3.8) is 0 Å². The Morgan fingerprint density at radius 3 is 2.55 bits per heavy atom. The average Bonchev–Trinajstić information content (AvgIpc) is 2.42. The molecule has 0 bridgehead atoms. The molecule has 0 aliphatic rings. The summed E-state index contributed by atoms with van der Waals surface area (Å²) in [6.07, 6.45) is 0. The second kappa shape index (κ2) is 6.13. The molecule has 0 atom stereocenters. The van der Waals surface area contributed by atoms with Crippen LogP contribution in [-0.4, -0.2) is 8.42 Å². The van der Waals surface area contributed by atoms with Crippen molar-refractivity contribution in [2.45, 2.75) is 18.4 Å². The smallest absolute Gasteiger partial charge is 0.265 e. The van der Waals surface area contributed by atoms with E-state index < -0.39 is 20.7 Å². The van der Waals surface area contributed by atoms with Crippen LogP contribution >= 0.6 is 0 Å². The number of sulfonamides is 1. The average molecular weight is 295 g/mol. The van der Waals surface area contributed by atoms with Gasteiger partial charge in [-0.1, -0.05) is 41.3 Å². The van der Waals surface area contributed by atoms with Crippen molar-refractivity contribution in [1.29, 1.82) is 0 Å². The Hall–Kier alpha value is -1.76. The second-order valence-corrected chi connectivity index (χ2v) is 5.91.